The van der Waals surface area contributed by atoms with Gasteiger partial charge in [-0.05, 0) is 12.8 Å². The molecule has 1 atom stereocenters. The third-order valence-electron chi connectivity index (χ3n) is 4.55. The SMILES string of the molecule is O=C1NCC2CN(C(=O)C3(C(=O)O)CCC3)CCN12. The summed E-state index contributed by atoms with van der Waals surface area (Å²) in [7, 11) is 0. The zero-order valence-electron chi connectivity index (χ0n) is 10.6. The van der Waals surface area contributed by atoms with Gasteiger partial charge in [0.1, 0.15) is 5.41 Å². The number of aliphatic carboxylic acids is 1. The van der Waals surface area contributed by atoms with E-state index in [1.165, 1.54) is 0 Å². The highest BCUT2D eigenvalue weighted by atomic mass is 16.4. The molecule has 0 spiro atoms. The summed E-state index contributed by atoms with van der Waals surface area (Å²) in [5.74, 6) is -1.28. The van der Waals surface area contributed by atoms with E-state index in [-0.39, 0.29) is 18.0 Å². The van der Waals surface area contributed by atoms with Crippen LogP contribution in [-0.4, -0.2) is 65.0 Å². The normalized spacial score (nSPS) is 28.4. The first-order valence-electron chi connectivity index (χ1n) is 6.62. The summed E-state index contributed by atoms with van der Waals surface area (Å²) >= 11 is 0. The van der Waals surface area contributed by atoms with Gasteiger partial charge in [-0.25, -0.2) is 4.79 Å². The molecule has 0 aromatic carbocycles. The monoisotopic (exact) mass is 267 g/mol. The molecule has 19 heavy (non-hydrogen) atoms. The third kappa shape index (κ3) is 1.67. The minimum atomic E-state index is -1.20. The molecule has 0 aromatic heterocycles. The molecule has 3 aliphatic rings. The molecular formula is C12H17N3O4. The summed E-state index contributed by atoms with van der Waals surface area (Å²) < 4.78 is 0. The van der Waals surface area contributed by atoms with E-state index in [2.05, 4.69) is 5.32 Å². The lowest BCUT2D eigenvalue weighted by molar-refractivity contribution is -0.168. The van der Waals surface area contributed by atoms with Crippen molar-refractivity contribution in [1.29, 1.82) is 0 Å². The van der Waals surface area contributed by atoms with Gasteiger partial charge in [-0.1, -0.05) is 6.42 Å². The fourth-order valence-corrected chi connectivity index (χ4v) is 3.14. The number of carboxylic acid groups (broad SMARTS) is 1. The lowest BCUT2D eigenvalue weighted by atomic mass is 9.67. The quantitative estimate of drug-likeness (QED) is 0.659. The van der Waals surface area contributed by atoms with Crippen molar-refractivity contribution in [2.75, 3.05) is 26.2 Å². The van der Waals surface area contributed by atoms with Crippen molar-refractivity contribution < 1.29 is 19.5 Å². The topological polar surface area (TPSA) is 90.0 Å². The molecule has 3 amide bonds. The van der Waals surface area contributed by atoms with Gasteiger partial charge in [-0.3, -0.25) is 9.59 Å². The van der Waals surface area contributed by atoms with Crippen molar-refractivity contribution in [1.82, 2.24) is 15.1 Å². The second-order valence-electron chi connectivity index (χ2n) is 5.53. The number of nitrogens with one attached hydrogen (secondary N) is 1. The zero-order chi connectivity index (χ0) is 13.6. The summed E-state index contributed by atoms with van der Waals surface area (Å²) in [4.78, 5) is 38.6. The number of carboxylic acids is 1. The average molecular weight is 267 g/mol. The Morgan fingerprint density at radius 3 is 2.63 bits per heavy atom. The van der Waals surface area contributed by atoms with Crippen molar-refractivity contribution in [2.45, 2.75) is 25.3 Å². The third-order valence-corrected chi connectivity index (χ3v) is 4.55. The molecule has 104 valence electrons. The van der Waals surface area contributed by atoms with Crippen LogP contribution in [0.4, 0.5) is 4.79 Å². The first kappa shape index (κ1) is 12.3. The van der Waals surface area contributed by atoms with Gasteiger partial charge in [-0.2, -0.15) is 0 Å². The maximum Gasteiger partial charge on any atom is 0.319 e. The molecule has 0 radical (unpaired) electrons. The van der Waals surface area contributed by atoms with E-state index >= 15 is 0 Å². The zero-order valence-corrected chi connectivity index (χ0v) is 10.6. The van der Waals surface area contributed by atoms with E-state index < -0.39 is 11.4 Å². The predicted octanol–water partition coefficient (Wildman–Crippen LogP) is -0.523. The summed E-state index contributed by atoms with van der Waals surface area (Å²) in [6.45, 7) is 1.88. The fourth-order valence-electron chi connectivity index (χ4n) is 3.14. The Labute approximate surface area is 110 Å². The van der Waals surface area contributed by atoms with E-state index in [0.29, 0.717) is 39.0 Å². The molecule has 3 rings (SSSR count). The van der Waals surface area contributed by atoms with Crippen molar-refractivity contribution in [3.8, 4) is 0 Å². The number of urea groups is 1. The van der Waals surface area contributed by atoms with Gasteiger partial charge in [0.15, 0.2) is 0 Å². The summed E-state index contributed by atoms with van der Waals surface area (Å²) in [6.07, 6.45) is 1.66. The predicted molar refractivity (Wildman–Crippen MR) is 64.4 cm³/mol. The lowest BCUT2D eigenvalue weighted by Gasteiger charge is -2.43. The number of hydrogen-bond donors (Lipinski definition) is 2. The number of piperazine rings is 1. The number of nitrogens with zero attached hydrogens (tertiary/aromatic N) is 2. The molecule has 1 unspecified atom stereocenters. The Balaban J connectivity index is 1.72. The minimum Gasteiger partial charge on any atom is -0.480 e. The molecule has 2 saturated heterocycles. The van der Waals surface area contributed by atoms with Gasteiger partial charge >= 0.3 is 12.0 Å². The van der Waals surface area contributed by atoms with Crippen LogP contribution in [0.2, 0.25) is 0 Å². The van der Waals surface area contributed by atoms with Crippen LogP contribution in [0.15, 0.2) is 0 Å². The molecule has 1 saturated carbocycles. The van der Waals surface area contributed by atoms with Gasteiger partial charge in [0.05, 0.1) is 6.04 Å². The summed E-state index contributed by atoms with van der Waals surface area (Å²) in [5.41, 5.74) is -1.20. The Bertz CT molecular complexity index is 446. The highest BCUT2D eigenvalue weighted by Crippen LogP contribution is 2.43. The molecule has 2 N–H and O–H groups in total. The number of carbonyl (C=O) groups is 3. The molecule has 7 heteroatoms. The first-order chi connectivity index (χ1) is 9.04. The van der Waals surface area contributed by atoms with E-state index in [9.17, 15) is 19.5 Å². The standard InChI is InChI=1S/C12H17N3O4/c16-9(12(10(17)18)2-1-3-12)14-4-5-15-8(7-14)6-13-11(15)19/h8H,1-7H2,(H,13,19)(H,17,18). The molecular weight excluding hydrogens is 250 g/mol. The highest BCUT2D eigenvalue weighted by molar-refractivity contribution is 6.03. The number of rotatable bonds is 2. The van der Waals surface area contributed by atoms with Gasteiger partial charge in [-0.15, -0.1) is 0 Å². The van der Waals surface area contributed by atoms with Crippen LogP contribution in [0.5, 0.6) is 0 Å². The van der Waals surface area contributed by atoms with Crippen LogP contribution in [0.1, 0.15) is 19.3 Å². The molecule has 1 aliphatic carbocycles. The Kier molecular flexibility index (Phi) is 2.65. The van der Waals surface area contributed by atoms with Crippen molar-refractivity contribution in [2.24, 2.45) is 5.41 Å². The molecule has 3 fully saturated rings. The van der Waals surface area contributed by atoms with Crippen LogP contribution in [-0.2, 0) is 9.59 Å². The van der Waals surface area contributed by atoms with Crippen molar-refractivity contribution in [3.63, 3.8) is 0 Å². The highest BCUT2D eigenvalue weighted by Gasteiger charge is 2.54. The minimum absolute atomic E-state index is 0.0175. The molecule has 0 aromatic rings. The Morgan fingerprint density at radius 2 is 2.05 bits per heavy atom. The summed E-state index contributed by atoms with van der Waals surface area (Å²) in [6, 6.07) is -0.107. The van der Waals surface area contributed by atoms with E-state index in [0.717, 1.165) is 6.42 Å². The maximum absolute atomic E-state index is 12.4. The van der Waals surface area contributed by atoms with Gasteiger partial charge in [0, 0.05) is 26.2 Å². The Morgan fingerprint density at radius 1 is 1.32 bits per heavy atom. The summed E-state index contributed by atoms with van der Waals surface area (Å²) in [5, 5.41) is 12.0. The number of hydrogen-bond acceptors (Lipinski definition) is 3. The van der Waals surface area contributed by atoms with Crippen LogP contribution < -0.4 is 5.32 Å². The van der Waals surface area contributed by atoms with Crippen molar-refractivity contribution in [3.05, 3.63) is 0 Å². The van der Waals surface area contributed by atoms with Gasteiger partial charge < -0.3 is 20.2 Å². The van der Waals surface area contributed by atoms with Crippen molar-refractivity contribution >= 4 is 17.9 Å². The van der Waals surface area contributed by atoms with Crippen LogP contribution >= 0.6 is 0 Å². The number of amides is 3. The fraction of sp³-hybridized carbons (Fsp3) is 0.750. The van der Waals surface area contributed by atoms with Gasteiger partial charge in [0.25, 0.3) is 0 Å². The molecule has 7 nitrogen and oxygen atoms in total. The van der Waals surface area contributed by atoms with Crippen LogP contribution in [0.25, 0.3) is 0 Å². The van der Waals surface area contributed by atoms with Crippen LogP contribution in [0.3, 0.4) is 0 Å². The molecule has 2 aliphatic heterocycles. The number of fused-ring (bicyclic) bond motifs is 1. The van der Waals surface area contributed by atoms with Gasteiger partial charge in [0.2, 0.25) is 5.91 Å². The smallest absolute Gasteiger partial charge is 0.319 e. The second-order valence-corrected chi connectivity index (χ2v) is 5.53. The maximum atomic E-state index is 12.4. The number of carbonyl (C=O) groups excluding carboxylic acids is 2. The largest absolute Gasteiger partial charge is 0.480 e. The van der Waals surface area contributed by atoms with E-state index in [1.54, 1.807) is 9.80 Å². The average Bonchev–Trinajstić information content (AvgIpc) is 2.68. The van der Waals surface area contributed by atoms with E-state index in [4.69, 9.17) is 0 Å². The van der Waals surface area contributed by atoms with E-state index in [1.807, 2.05) is 0 Å². The molecule has 0 bridgehead atoms. The molecule has 2 heterocycles. The second kappa shape index (κ2) is 4.11. The first-order valence-corrected chi connectivity index (χ1v) is 6.62. The van der Waals surface area contributed by atoms with Crippen LogP contribution in [0, 0.1) is 5.41 Å². The Hall–Kier alpha value is -1.79. The lowest BCUT2D eigenvalue weighted by Crippen LogP contribution is -2.59.